The van der Waals surface area contributed by atoms with Gasteiger partial charge in [-0.15, -0.1) is 0 Å². The second kappa shape index (κ2) is 5.77. The number of anilines is 1. The van der Waals surface area contributed by atoms with Crippen LogP contribution in [0.1, 0.15) is 0 Å². The molecule has 0 saturated heterocycles. The number of hydrogen-bond acceptors (Lipinski definition) is 4. The summed E-state index contributed by atoms with van der Waals surface area (Å²) in [5.74, 6) is 0.851. The fourth-order valence-electron chi connectivity index (χ4n) is 1.90. The van der Waals surface area contributed by atoms with Gasteiger partial charge in [-0.2, -0.15) is 12.7 Å². The Balaban J connectivity index is 1.95. The molecule has 7 heteroatoms. The minimum Gasteiger partial charge on any atom is -0.490 e. The third kappa shape index (κ3) is 3.37. The van der Waals surface area contributed by atoms with Crippen LogP contribution >= 0.6 is 0 Å². The standard InChI is InChI=1S/C12H19N3O3S/c1-14(2)19(16,17)13-7-8-15-9-10-18-12-6-4-3-5-11(12)15/h3-6,13H,7-10H2,1-2H3. The number of fused-ring (bicyclic) bond motifs is 1. The lowest BCUT2D eigenvalue weighted by Gasteiger charge is -2.31. The normalized spacial score (nSPS) is 15.2. The molecule has 0 saturated carbocycles. The predicted molar refractivity (Wildman–Crippen MR) is 74.8 cm³/mol. The minimum absolute atomic E-state index is 0.370. The highest BCUT2D eigenvalue weighted by atomic mass is 32.2. The number of para-hydroxylation sites is 2. The molecule has 0 spiro atoms. The predicted octanol–water partition coefficient (Wildman–Crippen LogP) is 0.281. The van der Waals surface area contributed by atoms with Crippen molar-refractivity contribution in [1.82, 2.24) is 9.03 Å². The van der Waals surface area contributed by atoms with Crippen LogP contribution in [0.3, 0.4) is 0 Å². The number of nitrogens with one attached hydrogen (secondary N) is 1. The van der Waals surface area contributed by atoms with E-state index in [1.54, 1.807) is 0 Å². The van der Waals surface area contributed by atoms with E-state index in [2.05, 4.69) is 9.62 Å². The van der Waals surface area contributed by atoms with Crippen LogP contribution in [0, 0.1) is 0 Å². The minimum atomic E-state index is -3.35. The van der Waals surface area contributed by atoms with Gasteiger partial charge in [-0.05, 0) is 12.1 Å². The van der Waals surface area contributed by atoms with Gasteiger partial charge in [0.25, 0.3) is 10.2 Å². The second-order valence-corrected chi connectivity index (χ2v) is 6.45. The molecule has 0 fully saturated rings. The summed E-state index contributed by atoms with van der Waals surface area (Å²) in [7, 11) is -0.338. The molecule has 1 heterocycles. The van der Waals surface area contributed by atoms with Gasteiger partial charge in [-0.1, -0.05) is 12.1 Å². The van der Waals surface area contributed by atoms with Crippen LogP contribution in [0.2, 0.25) is 0 Å². The number of nitrogens with zero attached hydrogens (tertiary/aromatic N) is 2. The maximum atomic E-state index is 11.6. The Morgan fingerprint density at radius 1 is 1.37 bits per heavy atom. The zero-order valence-corrected chi connectivity index (χ0v) is 12.0. The van der Waals surface area contributed by atoms with Gasteiger partial charge in [0.05, 0.1) is 12.2 Å². The molecule has 0 unspecified atom stereocenters. The summed E-state index contributed by atoms with van der Waals surface area (Å²) in [6, 6.07) is 7.78. The molecule has 2 rings (SSSR count). The van der Waals surface area contributed by atoms with Crippen LogP contribution < -0.4 is 14.4 Å². The summed E-state index contributed by atoms with van der Waals surface area (Å²) in [4.78, 5) is 2.12. The third-order valence-electron chi connectivity index (χ3n) is 2.97. The molecule has 0 radical (unpaired) electrons. The molecule has 106 valence electrons. The maximum absolute atomic E-state index is 11.6. The fourth-order valence-corrected chi connectivity index (χ4v) is 2.51. The molecule has 0 bridgehead atoms. The highest BCUT2D eigenvalue weighted by molar-refractivity contribution is 7.87. The van der Waals surface area contributed by atoms with E-state index < -0.39 is 10.2 Å². The first-order valence-electron chi connectivity index (χ1n) is 6.14. The van der Waals surface area contributed by atoms with Crippen molar-refractivity contribution in [2.45, 2.75) is 0 Å². The van der Waals surface area contributed by atoms with E-state index in [4.69, 9.17) is 4.74 Å². The van der Waals surface area contributed by atoms with E-state index in [1.165, 1.54) is 18.4 Å². The van der Waals surface area contributed by atoms with E-state index in [9.17, 15) is 8.42 Å². The molecular weight excluding hydrogens is 266 g/mol. The smallest absolute Gasteiger partial charge is 0.278 e. The lowest BCUT2D eigenvalue weighted by atomic mass is 10.2. The van der Waals surface area contributed by atoms with Gasteiger partial charge in [-0.25, -0.2) is 4.72 Å². The van der Waals surface area contributed by atoms with Crippen molar-refractivity contribution < 1.29 is 13.2 Å². The van der Waals surface area contributed by atoms with E-state index in [0.717, 1.165) is 18.0 Å². The van der Waals surface area contributed by atoms with Gasteiger partial charge in [0.2, 0.25) is 0 Å². The maximum Gasteiger partial charge on any atom is 0.278 e. The highest BCUT2D eigenvalue weighted by Gasteiger charge is 2.18. The van der Waals surface area contributed by atoms with Gasteiger partial charge in [0.15, 0.2) is 0 Å². The Hall–Kier alpha value is -1.31. The Kier molecular flexibility index (Phi) is 4.28. The van der Waals surface area contributed by atoms with Crippen molar-refractivity contribution >= 4 is 15.9 Å². The molecule has 1 aromatic rings. The molecular formula is C12H19N3O3S. The Bertz CT molecular complexity index is 531. The summed E-state index contributed by atoms with van der Waals surface area (Å²) in [6.45, 7) is 2.38. The first-order valence-corrected chi connectivity index (χ1v) is 7.58. The van der Waals surface area contributed by atoms with Gasteiger partial charge < -0.3 is 9.64 Å². The summed E-state index contributed by atoms with van der Waals surface area (Å²) < 4.78 is 32.4. The average molecular weight is 285 g/mol. The quantitative estimate of drug-likeness (QED) is 0.844. The Labute approximate surface area is 114 Å². The third-order valence-corrected chi connectivity index (χ3v) is 4.50. The molecule has 0 amide bonds. The van der Waals surface area contributed by atoms with E-state index in [-0.39, 0.29) is 0 Å². The van der Waals surface area contributed by atoms with Crippen molar-refractivity contribution in [2.24, 2.45) is 0 Å². The van der Waals surface area contributed by atoms with Gasteiger partial charge in [0.1, 0.15) is 12.4 Å². The van der Waals surface area contributed by atoms with Crippen LogP contribution in [0.25, 0.3) is 0 Å². The molecule has 6 nitrogen and oxygen atoms in total. The molecule has 1 aromatic carbocycles. The summed E-state index contributed by atoms with van der Waals surface area (Å²) in [5.41, 5.74) is 1.01. The van der Waals surface area contributed by atoms with Crippen LogP contribution in [0.4, 0.5) is 5.69 Å². The fraction of sp³-hybridized carbons (Fsp3) is 0.500. The topological polar surface area (TPSA) is 61.9 Å². The van der Waals surface area contributed by atoms with E-state index in [1.807, 2.05) is 24.3 Å². The van der Waals surface area contributed by atoms with Crippen molar-refractivity contribution in [3.05, 3.63) is 24.3 Å². The first-order chi connectivity index (χ1) is 9.00. The Morgan fingerprint density at radius 2 is 2.11 bits per heavy atom. The van der Waals surface area contributed by atoms with Crippen molar-refractivity contribution in [3.63, 3.8) is 0 Å². The largest absolute Gasteiger partial charge is 0.490 e. The number of ether oxygens (including phenoxy) is 1. The molecule has 1 N–H and O–H groups in total. The van der Waals surface area contributed by atoms with Gasteiger partial charge in [0, 0.05) is 27.2 Å². The molecule has 1 aliphatic heterocycles. The van der Waals surface area contributed by atoms with Crippen molar-refractivity contribution in [3.8, 4) is 5.75 Å². The summed E-state index contributed by atoms with van der Waals surface area (Å²) in [5, 5.41) is 0. The van der Waals surface area contributed by atoms with Crippen LogP contribution in [-0.4, -0.2) is 53.1 Å². The van der Waals surface area contributed by atoms with E-state index in [0.29, 0.717) is 19.7 Å². The van der Waals surface area contributed by atoms with Crippen molar-refractivity contribution in [1.29, 1.82) is 0 Å². The number of rotatable bonds is 5. The SMILES string of the molecule is CN(C)S(=O)(=O)NCCN1CCOc2ccccc21. The van der Waals surface area contributed by atoms with Crippen LogP contribution in [0.5, 0.6) is 5.75 Å². The summed E-state index contributed by atoms with van der Waals surface area (Å²) >= 11 is 0. The number of benzene rings is 1. The summed E-state index contributed by atoms with van der Waals surface area (Å²) in [6.07, 6.45) is 0. The monoisotopic (exact) mass is 285 g/mol. The molecule has 0 atom stereocenters. The van der Waals surface area contributed by atoms with Gasteiger partial charge >= 0.3 is 0 Å². The zero-order chi connectivity index (χ0) is 13.9. The second-order valence-electron chi connectivity index (χ2n) is 4.49. The van der Waals surface area contributed by atoms with Crippen LogP contribution in [0.15, 0.2) is 24.3 Å². The van der Waals surface area contributed by atoms with Gasteiger partial charge in [-0.3, -0.25) is 0 Å². The van der Waals surface area contributed by atoms with Crippen molar-refractivity contribution in [2.75, 3.05) is 45.2 Å². The Morgan fingerprint density at radius 3 is 2.84 bits per heavy atom. The molecule has 0 aromatic heterocycles. The lowest BCUT2D eigenvalue weighted by Crippen LogP contribution is -2.42. The number of hydrogen-bond donors (Lipinski definition) is 1. The lowest BCUT2D eigenvalue weighted by molar-refractivity contribution is 0.307. The van der Waals surface area contributed by atoms with Crippen LogP contribution in [-0.2, 0) is 10.2 Å². The highest BCUT2D eigenvalue weighted by Crippen LogP contribution is 2.30. The zero-order valence-electron chi connectivity index (χ0n) is 11.2. The average Bonchev–Trinajstić information content (AvgIpc) is 2.38. The molecule has 19 heavy (non-hydrogen) atoms. The first kappa shape index (κ1) is 14.1. The van der Waals surface area contributed by atoms with E-state index >= 15 is 0 Å². The molecule has 1 aliphatic rings. The molecule has 0 aliphatic carbocycles.